The molecule has 3 atom stereocenters. The number of fused-ring (bicyclic) bond motifs is 4. The second kappa shape index (κ2) is 6.51. The number of cyclic esters (lactones) is 1. The summed E-state index contributed by atoms with van der Waals surface area (Å²) in [7, 11) is 0. The maximum atomic E-state index is 12.1. The van der Waals surface area contributed by atoms with E-state index in [4.69, 9.17) is 18.9 Å². The zero-order valence-corrected chi connectivity index (χ0v) is 16.7. The fraction of sp³-hybridized carbons (Fsp3) is 0.381. The van der Waals surface area contributed by atoms with Gasteiger partial charge in [0.25, 0.3) is 0 Å². The SMILES string of the molecule is CC(C)(C)OC(=O)N[C@@H]1[C@H]2Oc3ccc(Oc4ccnc5c4COC(=O)N5)cc3[C@@H]12. The average molecular weight is 411 g/mol. The van der Waals surface area contributed by atoms with Crippen molar-refractivity contribution in [3.05, 3.63) is 41.6 Å². The number of pyridine rings is 1. The van der Waals surface area contributed by atoms with Gasteiger partial charge in [-0.1, -0.05) is 0 Å². The van der Waals surface area contributed by atoms with Crippen LogP contribution in [-0.2, 0) is 16.1 Å². The van der Waals surface area contributed by atoms with Crippen LogP contribution < -0.4 is 20.1 Å². The lowest BCUT2D eigenvalue weighted by Crippen LogP contribution is -2.36. The molecule has 2 amide bonds. The molecule has 0 saturated heterocycles. The molecule has 2 aromatic rings. The normalized spacial score (nSPS) is 23.0. The summed E-state index contributed by atoms with van der Waals surface area (Å²) in [5.74, 6) is 2.44. The molecule has 0 spiro atoms. The zero-order valence-electron chi connectivity index (χ0n) is 16.7. The number of rotatable bonds is 3. The Morgan fingerprint density at radius 2 is 2.13 bits per heavy atom. The van der Waals surface area contributed by atoms with Gasteiger partial charge in [-0.05, 0) is 45.0 Å². The predicted molar refractivity (Wildman–Crippen MR) is 105 cm³/mol. The van der Waals surface area contributed by atoms with Crippen molar-refractivity contribution in [3.8, 4) is 17.2 Å². The number of nitrogens with zero attached hydrogens (tertiary/aromatic N) is 1. The van der Waals surface area contributed by atoms with Crippen LogP contribution in [0.3, 0.4) is 0 Å². The number of hydrogen-bond acceptors (Lipinski definition) is 7. The topological polar surface area (TPSA) is 108 Å². The molecule has 9 nitrogen and oxygen atoms in total. The van der Waals surface area contributed by atoms with Gasteiger partial charge < -0.3 is 24.3 Å². The lowest BCUT2D eigenvalue weighted by molar-refractivity contribution is 0.0514. The van der Waals surface area contributed by atoms with Gasteiger partial charge in [0.05, 0.1) is 17.5 Å². The van der Waals surface area contributed by atoms with Crippen LogP contribution in [0.2, 0.25) is 0 Å². The Kier molecular flexibility index (Phi) is 4.02. The van der Waals surface area contributed by atoms with E-state index in [2.05, 4.69) is 15.6 Å². The highest BCUT2D eigenvalue weighted by atomic mass is 16.6. The van der Waals surface area contributed by atoms with Crippen LogP contribution in [0.1, 0.15) is 37.8 Å². The molecule has 156 valence electrons. The van der Waals surface area contributed by atoms with Crippen LogP contribution in [0.5, 0.6) is 17.2 Å². The number of benzene rings is 1. The number of nitrogens with one attached hydrogen (secondary N) is 2. The highest BCUT2D eigenvalue weighted by molar-refractivity contribution is 5.86. The second-order valence-electron chi connectivity index (χ2n) is 8.42. The van der Waals surface area contributed by atoms with E-state index in [1.807, 2.05) is 39.0 Å². The van der Waals surface area contributed by atoms with Gasteiger partial charge in [0, 0.05) is 11.8 Å². The Balaban J connectivity index is 1.31. The van der Waals surface area contributed by atoms with Crippen molar-refractivity contribution < 1.29 is 28.5 Å². The molecule has 3 heterocycles. The molecule has 0 unspecified atom stereocenters. The molecule has 1 fully saturated rings. The summed E-state index contributed by atoms with van der Waals surface area (Å²) in [6.07, 6.45) is 0.476. The second-order valence-corrected chi connectivity index (χ2v) is 8.42. The first-order chi connectivity index (χ1) is 14.3. The van der Waals surface area contributed by atoms with Crippen molar-refractivity contribution in [2.24, 2.45) is 0 Å². The van der Waals surface area contributed by atoms with E-state index < -0.39 is 17.8 Å². The lowest BCUT2D eigenvalue weighted by atomic mass is 10.1. The number of aromatic nitrogens is 1. The van der Waals surface area contributed by atoms with Crippen molar-refractivity contribution in [1.29, 1.82) is 0 Å². The Morgan fingerprint density at radius 1 is 1.30 bits per heavy atom. The Bertz CT molecular complexity index is 1050. The summed E-state index contributed by atoms with van der Waals surface area (Å²) in [6.45, 7) is 5.56. The third-order valence-electron chi connectivity index (χ3n) is 5.05. The molecule has 1 aromatic heterocycles. The van der Waals surface area contributed by atoms with E-state index in [0.717, 1.165) is 11.3 Å². The number of alkyl carbamates (subject to hydrolysis) is 1. The number of ether oxygens (including phenoxy) is 4. The first-order valence-corrected chi connectivity index (χ1v) is 9.68. The van der Waals surface area contributed by atoms with Gasteiger partial charge in [-0.25, -0.2) is 14.6 Å². The minimum absolute atomic E-state index is 0.0602. The van der Waals surface area contributed by atoms with Gasteiger partial charge in [-0.3, -0.25) is 5.32 Å². The standard InChI is InChI=1S/C21H21N3O6/c1-21(2,3)30-20(26)23-16-15-11-8-10(4-5-13(11)29-17(15)16)28-14-6-7-22-18-12(14)9-27-19(25)24-18/h4-8,15-17H,9H2,1-3H3,(H,23,26)(H,22,24,25)/t15-,16-,17-/m0/s1. The van der Waals surface area contributed by atoms with E-state index >= 15 is 0 Å². The Hall–Kier alpha value is -3.49. The zero-order chi connectivity index (χ0) is 21.0. The van der Waals surface area contributed by atoms with E-state index in [1.165, 1.54) is 0 Å². The maximum Gasteiger partial charge on any atom is 0.413 e. The molecule has 30 heavy (non-hydrogen) atoms. The molecule has 1 aromatic carbocycles. The number of amides is 2. The quantitative estimate of drug-likeness (QED) is 0.793. The van der Waals surface area contributed by atoms with Crippen LogP contribution in [0, 0.1) is 0 Å². The molecule has 2 aliphatic heterocycles. The van der Waals surface area contributed by atoms with Crippen molar-refractivity contribution >= 4 is 18.0 Å². The molecular weight excluding hydrogens is 390 g/mol. The van der Waals surface area contributed by atoms with Crippen molar-refractivity contribution in [3.63, 3.8) is 0 Å². The fourth-order valence-corrected chi connectivity index (χ4v) is 3.74. The highest BCUT2D eigenvalue weighted by Crippen LogP contribution is 2.54. The van der Waals surface area contributed by atoms with Crippen LogP contribution in [0.25, 0.3) is 0 Å². The Labute approximate surface area is 172 Å². The van der Waals surface area contributed by atoms with Gasteiger partial charge in [-0.2, -0.15) is 0 Å². The molecule has 1 aliphatic carbocycles. The minimum atomic E-state index is -0.555. The molecule has 2 N–H and O–H groups in total. The van der Waals surface area contributed by atoms with E-state index in [1.54, 1.807) is 12.3 Å². The summed E-state index contributed by atoms with van der Waals surface area (Å²) >= 11 is 0. The highest BCUT2D eigenvalue weighted by Gasteiger charge is 2.60. The molecule has 9 heteroatoms. The first-order valence-electron chi connectivity index (χ1n) is 9.68. The molecule has 0 radical (unpaired) electrons. The predicted octanol–water partition coefficient (Wildman–Crippen LogP) is 3.69. The Morgan fingerprint density at radius 3 is 2.93 bits per heavy atom. The molecule has 5 rings (SSSR count). The van der Waals surface area contributed by atoms with Gasteiger partial charge in [-0.15, -0.1) is 0 Å². The molecular formula is C21H21N3O6. The monoisotopic (exact) mass is 411 g/mol. The van der Waals surface area contributed by atoms with E-state index in [0.29, 0.717) is 22.9 Å². The lowest BCUT2D eigenvalue weighted by Gasteiger charge is -2.20. The van der Waals surface area contributed by atoms with Gasteiger partial charge in [0.15, 0.2) is 0 Å². The number of hydrogen-bond donors (Lipinski definition) is 2. The third-order valence-corrected chi connectivity index (χ3v) is 5.05. The fourth-order valence-electron chi connectivity index (χ4n) is 3.74. The minimum Gasteiger partial charge on any atom is -0.487 e. The van der Waals surface area contributed by atoms with Crippen molar-refractivity contribution in [2.45, 2.75) is 51.0 Å². The number of carbonyl (C=O) groups is 2. The smallest absolute Gasteiger partial charge is 0.413 e. The van der Waals surface area contributed by atoms with Gasteiger partial charge in [0.1, 0.15) is 41.4 Å². The summed E-state index contributed by atoms with van der Waals surface area (Å²) in [5.41, 5.74) is 1.09. The summed E-state index contributed by atoms with van der Waals surface area (Å²) < 4.78 is 22.3. The van der Waals surface area contributed by atoms with Crippen LogP contribution in [0.15, 0.2) is 30.5 Å². The molecule has 0 bridgehead atoms. The van der Waals surface area contributed by atoms with Crippen LogP contribution in [0.4, 0.5) is 15.4 Å². The summed E-state index contributed by atoms with van der Waals surface area (Å²) in [6, 6.07) is 7.17. The van der Waals surface area contributed by atoms with E-state index in [-0.39, 0.29) is 24.7 Å². The first kappa shape index (κ1) is 18.5. The summed E-state index contributed by atoms with van der Waals surface area (Å²) in [4.78, 5) is 27.6. The van der Waals surface area contributed by atoms with Crippen molar-refractivity contribution in [1.82, 2.24) is 10.3 Å². The van der Waals surface area contributed by atoms with Crippen molar-refractivity contribution in [2.75, 3.05) is 5.32 Å². The molecule has 1 saturated carbocycles. The number of carbonyl (C=O) groups excluding carboxylic acids is 2. The van der Waals surface area contributed by atoms with E-state index in [9.17, 15) is 9.59 Å². The third kappa shape index (κ3) is 3.36. The molecule has 3 aliphatic rings. The average Bonchev–Trinajstić information content (AvgIpc) is 3.16. The van der Waals surface area contributed by atoms with Gasteiger partial charge >= 0.3 is 12.2 Å². The maximum absolute atomic E-state index is 12.1. The number of anilines is 1. The van der Waals surface area contributed by atoms with Crippen LogP contribution >= 0.6 is 0 Å². The van der Waals surface area contributed by atoms with Gasteiger partial charge in [0.2, 0.25) is 0 Å². The van der Waals surface area contributed by atoms with Crippen LogP contribution in [-0.4, -0.2) is 34.9 Å². The largest absolute Gasteiger partial charge is 0.487 e. The summed E-state index contributed by atoms with van der Waals surface area (Å²) in [5, 5.41) is 5.43.